The van der Waals surface area contributed by atoms with Crippen LogP contribution in [0, 0.1) is 0 Å². The van der Waals surface area contributed by atoms with Crippen molar-refractivity contribution in [1.82, 2.24) is 4.57 Å². The molecule has 2 heterocycles. The zero-order valence-corrected chi connectivity index (χ0v) is 10.1. The first-order valence-corrected chi connectivity index (χ1v) is 5.69. The maximum absolute atomic E-state index is 12.1. The largest absolute Gasteiger partial charge is 0.478 e. The van der Waals surface area contributed by atoms with Gasteiger partial charge in [0.1, 0.15) is 0 Å². The first-order valence-electron chi connectivity index (χ1n) is 5.69. The van der Waals surface area contributed by atoms with Gasteiger partial charge in [0.05, 0.1) is 5.52 Å². The van der Waals surface area contributed by atoms with Gasteiger partial charge in [-0.2, -0.15) is 0 Å². The third kappa shape index (κ3) is 1.33. The molecule has 0 saturated heterocycles. The fourth-order valence-corrected chi connectivity index (χ4v) is 2.15. The molecule has 0 saturated carbocycles. The summed E-state index contributed by atoms with van der Waals surface area (Å²) in [7, 11) is 1.68. The highest BCUT2D eigenvalue weighted by atomic mass is 16.5. The average molecular weight is 244 g/mol. The van der Waals surface area contributed by atoms with Crippen LogP contribution < -0.4 is 15.6 Å². The lowest BCUT2D eigenvalue weighted by Gasteiger charge is -2.24. The number of carbonyl (C=O) groups is 1. The summed E-state index contributed by atoms with van der Waals surface area (Å²) in [6, 6.07) is 7.45. The van der Waals surface area contributed by atoms with Crippen LogP contribution >= 0.6 is 0 Å². The first-order chi connectivity index (χ1) is 8.59. The van der Waals surface area contributed by atoms with E-state index in [-0.39, 0.29) is 17.2 Å². The number of nitrogens with zero attached hydrogens (tertiary/aromatic N) is 1. The number of rotatable bonds is 0. The summed E-state index contributed by atoms with van der Waals surface area (Å²) < 4.78 is 7.08. The molecule has 1 atom stereocenters. The minimum Gasteiger partial charge on any atom is -0.478 e. The van der Waals surface area contributed by atoms with Crippen molar-refractivity contribution < 1.29 is 9.53 Å². The van der Waals surface area contributed by atoms with Crippen molar-refractivity contribution in [2.75, 3.05) is 5.32 Å². The molecule has 1 aromatic heterocycles. The molecule has 0 spiro atoms. The van der Waals surface area contributed by atoms with Gasteiger partial charge in [0.15, 0.2) is 17.5 Å². The molecule has 1 aliphatic rings. The summed E-state index contributed by atoms with van der Waals surface area (Å²) in [5, 5.41) is 3.43. The van der Waals surface area contributed by atoms with Crippen molar-refractivity contribution >= 4 is 22.5 Å². The Bertz CT molecular complexity index is 718. The van der Waals surface area contributed by atoms with Gasteiger partial charge in [-0.25, -0.2) is 0 Å². The van der Waals surface area contributed by atoms with Crippen LogP contribution in [-0.4, -0.2) is 16.6 Å². The Morgan fingerprint density at radius 3 is 2.78 bits per heavy atom. The van der Waals surface area contributed by atoms with Gasteiger partial charge in [-0.1, -0.05) is 12.1 Å². The normalized spacial score (nSPS) is 18.1. The van der Waals surface area contributed by atoms with Gasteiger partial charge in [-0.05, 0) is 19.1 Å². The fourth-order valence-electron chi connectivity index (χ4n) is 2.15. The van der Waals surface area contributed by atoms with Gasteiger partial charge < -0.3 is 14.6 Å². The summed E-state index contributed by atoms with van der Waals surface area (Å²) in [5.41, 5.74) is 0.743. The van der Waals surface area contributed by atoms with Gasteiger partial charge in [0, 0.05) is 12.4 Å². The standard InChI is InChI=1S/C13H12N2O3/c1-7-12(16)14-10-11(18-7)8-5-3-4-6-9(8)15(2)13(10)17/h3-7H,1-2H3,(H,14,16)/t7-/m1/s1. The molecule has 0 radical (unpaired) electrons. The first kappa shape index (κ1) is 10.8. The zero-order valence-electron chi connectivity index (χ0n) is 10.1. The predicted octanol–water partition coefficient (Wildman–Crippen LogP) is 1.26. The summed E-state index contributed by atoms with van der Waals surface area (Å²) in [4.78, 5) is 23.7. The molecule has 1 N–H and O–H groups in total. The van der Waals surface area contributed by atoms with Gasteiger partial charge in [0.2, 0.25) is 0 Å². The van der Waals surface area contributed by atoms with Crippen LogP contribution in [0.2, 0.25) is 0 Å². The Hall–Kier alpha value is -2.30. The van der Waals surface area contributed by atoms with Gasteiger partial charge >= 0.3 is 0 Å². The number of aryl methyl sites for hydroxylation is 1. The zero-order chi connectivity index (χ0) is 12.9. The molecule has 1 amide bonds. The van der Waals surface area contributed by atoms with E-state index in [1.165, 1.54) is 4.57 Å². The Morgan fingerprint density at radius 2 is 2.00 bits per heavy atom. The van der Waals surface area contributed by atoms with E-state index in [0.29, 0.717) is 5.75 Å². The maximum atomic E-state index is 12.1. The number of hydrogen-bond donors (Lipinski definition) is 1. The number of anilines is 1. The Balaban J connectivity index is 2.43. The lowest BCUT2D eigenvalue weighted by atomic mass is 10.1. The molecule has 0 bridgehead atoms. The molecule has 2 aromatic rings. The van der Waals surface area contributed by atoms with E-state index >= 15 is 0 Å². The van der Waals surface area contributed by atoms with Crippen LogP contribution in [0.3, 0.4) is 0 Å². The maximum Gasteiger partial charge on any atom is 0.278 e. The lowest BCUT2D eigenvalue weighted by Crippen LogP contribution is -2.38. The molecule has 1 aliphatic heterocycles. The number of amides is 1. The minimum absolute atomic E-state index is 0.222. The van der Waals surface area contributed by atoms with Crippen molar-refractivity contribution in [3.63, 3.8) is 0 Å². The molecule has 0 unspecified atom stereocenters. The molecule has 1 aromatic carbocycles. The van der Waals surface area contributed by atoms with Crippen LogP contribution in [0.4, 0.5) is 5.69 Å². The molecule has 3 rings (SSSR count). The number of para-hydroxylation sites is 1. The number of carbonyl (C=O) groups excluding carboxylic acids is 1. The van der Waals surface area contributed by atoms with Crippen LogP contribution in [-0.2, 0) is 11.8 Å². The van der Waals surface area contributed by atoms with E-state index in [0.717, 1.165) is 10.9 Å². The van der Waals surface area contributed by atoms with E-state index in [4.69, 9.17) is 4.74 Å². The van der Waals surface area contributed by atoms with Crippen LogP contribution in [0.15, 0.2) is 29.1 Å². The van der Waals surface area contributed by atoms with E-state index in [1.807, 2.05) is 24.3 Å². The third-order valence-electron chi connectivity index (χ3n) is 3.17. The lowest BCUT2D eigenvalue weighted by molar-refractivity contribution is -0.122. The molecule has 5 heteroatoms. The number of benzene rings is 1. The molecule has 0 aliphatic carbocycles. The van der Waals surface area contributed by atoms with Crippen molar-refractivity contribution in [2.24, 2.45) is 7.05 Å². The second-order valence-corrected chi connectivity index (χ2v) is 4.33. The number of nitrogens with one attached hydrogen (secondary N) is 1. The predicted molar refractivity (Wildman–Crippen MR) is 67.9 cm³/mol. The van der Waals surface area contributed by atoms with Crippen molar-refractivity contribution in [3.05, 3.63) is 34.6 Å². The van der Waals surface area contributed by atoms with E-state index < -0.39 is 6.10 Å². The Morgan fingerprint density at radius 1 is 1.28 bits per heavy atom. The summed E-state index contributed by atoms with van der Waals surface area (Å²) in [6.45, 7) is 1.66. The van der Waals surface area contributed by atoms with Gasteiger partial charge in [0.25, 0.3) is 11.5 Å². The SMILES string of the molecule is C[C@H]1Oc2c(c(=O)n(C)c3ccccc23)NC1=O. The smallest absolute Gasteiger partial charge is 0.278 e. The van der Waals surface area contributed by atoms with Crippen LogP contribution in [0.1, 0.15) is 6.92 Å². The monoisotopic (exact) mass is 244 g/mol. The second-order valence-electron chi connectivity index (χ2n) is 4.33. The highest BCUT2D eigenvalue weighted by Crippen LogP contribution is 2.33. The molecule has 18 heavy (non-hydrogen) atoms. The number of hydrogen-bond acceptors (Lipinski definition) is 3. The Labute approximate surface area is 103 Å². The van der Waals surface area contributed by atoms with Crippen LogP contribution in [0.25, 0.3) is 10.9 Å². The molecular weight excluding hydrogens is 232 g/mol. The quantitative estimate of drug-likeness (QED) is 0.759. The van der Waals surface area contributed by atoms with Crippen molar-refractivity contribution in [3.8, 4) is 5.75 Å². The number of ether oxygens (including phenoxy) is 1. The molecule has 0 fully saturated rings. The molecular formula is C13H12N2O3. The number of fused-ring (bicyclic) bond motifs is 3. The average Bonchev–Trinajstić information content (AvgIpc) is 2.38. The summed E-state index contributed by atoms with van der Waals surface area (Å²) in [6.07, 6.45) is -0.590. The van der Waals surface area contributed by atoms with Crippen molar-refractivity contribution in [2.45, 2.75) is 13.0 Å². The Kier molecular flexibility index (Phi) is 2.16. The van der Waals surface area contributed by atoms with Crippen LogP contribution in [0.5, 0.6) is 5.75 Å². The summed E-state index contributed by atoms with van der Waals surface area (Å²) >= 11 is 0. The minimum atomic E-state index is -0.590. The van der Waals surface area contributed by atoms with Crippen molar-refractivity contribution in [1.29, 1.82) is 0 Å². The molecule has 5 nitrogen and oxygen atoms in total. The van der Waals surface area contributed by atoms with E-state index in [2.05, 4.69) is 5.32 Å². The summed E-state index contributed by atoms with van der Waals surface area (Å²) in [5.74, 6) is 0.163. The third-order valence-corrected chi connectivity index (χ3v) is 3.17. The highest BCUT2D eigenvalue weighted by Gasteiger charge is 2.28. The molecule has 92 valence electrons. The van der Waals surface area contributed by atoms with E-state index in [1.54, 1.807) is 14.0 Å². The van der Waals surface area contributed by atoms with Gasteiger partial charge in [-0.3, -0.25) is 9.59 Å². The second kappa shape index (κ2) is 3.60. The fraction of sp³-hybridized carbons (Fsp3) is 0.231. The topological polar surface area (TPSA) is 60.3 Å². The number of aromatic nitrogens is 1. The number of pyridine rings is 1. The van der Waals surface area contributed by atoms with Gasteiger partial charge in [-0.15, -0.1) is 0 Å². The highest BCUT2D eigenvalue weighted by molar-refractivity contribution is 6.02. The van der Waals surface area contributed by atoms with E-state index in [9.17, 15) is 9.59 Å².